The molecule has 0 saturated heterocycles. The number of phenols is 1. The number of amides is 1. The lowest BCUT2D eigenvalue weighted by atomic mass is 10.1. The van der Waals surface area contributed by atoms with E-state index in [1.807, 2.05) is 30.3 Å². The van der Waals surface area contributed by atoms with E-state index in [4.69, 9.17) is 0 Å². The van der Waals surface area contributed by atoms with E-state index < -0.39 is 15.7 Å². The Labute approximate surface area is 181 Å². The third-order valence-electron chi connectivity index (χ3n) is 4.75. The highest BCUT2D eigenvalue weighted by Crippen LogP contribution is 2.19. The van der Waals surface area contributed by atoms with E-state index in [1.54, 1.807) is 24.3 Å². The molecule has 0 aliphatic rings. The molecule has 0 spiro atoms. The lowest BCUT2D eigenvalue weighted by Gasteiger charge is -2.11. The number of carbonyl (C=O) groups is 2. The molecule has 0 atom stereocenters. The van der Waals surface area contributed by atoms with Crippen LogP contribution in [0, 0.1) is 0 Å². The molecule has 2 N–H and O–H groups in total. The predicted molar refractivity (Wildman–Crippen MR) is 118 cm³/mol. The van der Waals surface area contributed by atoms with Gasteiger partial charge in [0.05, 0.1) is 16.2 Å². The summed E-state index contributed by atoms with van der Waals surface area (Å²) in [5.41, 5.74) is 1.65. The first-order valence-corrected chi connectivity index (χ1v) is 11.4. The van der Waals surface area contributed by atoms with Crippen molar-refractivity contribution in [3.8, 4) is 5.75 Å². The molecule has 0 saturated carbocycles. The Hall–Kier alpha value is -3.45. The predicted octanol–water partition coefficient (Wildman–Crippen LogP) is 3.30. The number of phenolic OH excluding ortho intramolecular Hbond substituents is 1. The van der Waals surface area contributed by atoms with Gasteiger partial charge in [-0.15, -0.1) is 0 Å². The zero-order valence-electron chi connectivity index (χ0n) is 16.8. The number of Topliss-reactive ketones (excluding diaryl/α,β-unsaturated/α-hetero) is 1. The van der Waals surface area contributed by atoms with Gasteiger partial charge in [0.15, 0.2) is 9.84 Å². The SMILES string of the molecule is O=C(CCS(=O)(=O)c1ccccc1C(=O)NCc1ccccc1)Cc1ccc(O)cc1. The number of ketones is 1. The largest absolute Gasteiger partial charge is 0.508 e. The van der Waals surface area contributed by atoms with Crippen molar-refractivity contribution in [3.63, 3.8) is 0 Å². The summed E-state index contributed by atoms with van der Waals surface area (Å²) in [5.74, 6) is -1.01. The Morgan fingerprint density at radius 2 is 1.45 bits per heavy atom. The van der Waals surface area contributed by atoms with Gasteiger partial charge in [-0.25, -0.2) is 8.42 Å². The van der Waals surface area contributed by atoms with E-state index in [1.165, 1.54) is 24.3 Å². The van der Waals surface area contributed by atoms with E-state index in [9.17, 15) is 23.1 Å². The van der Waals surface area contributed by atoms with Crippen LogP contribution in [-0.4, -0.2) is 31.0 Å². The molecule has 1 amide bonds. The van der Waals surface area contributed by atoms with Crippen molar-refractivity contribution < 1.29 is 23.1 Å². The molecule has 0 aromatic heterocycles. The molecule has 0 aliphatic heterocycles. The van der Waals surface area contributed by atoms with Gasteiger partial charge in [-0.1, -0.05) is 54.6 Å². The molecule has 7 heteroatoms. The highest BCUT2D eigenvalue weighted by atomic mass is 32.2. The van der Waals surface area contributed by atoms with Crippen LogP contribution in [0.5, 0.6) is 5.75 Å². The second kappa shape index (κ2) is 10.0. The third kappa shape index (κ3) is 6.26. The van der Waals surface area contributed by atoms with Crippen LogP contribution in [0.15, 0.2) is 83.8 Å². The maximum Gasteiger partial charge on any atom is 0.252 e. The first-order chi connectivity index (χ1) is 14.8. The number of hydrogen-bond acceptors (Lipinski definition) is 5. The standard InChI is InChI=1S/C24H23NO5S/c26-20-12-10-18(11-13-20)16-21(27)14-15-31(29,30)23-9-5-4-8-22(23)24(28)25-17-19-6-2-1-3-7-19/h1-13,26H,14-17H2,(H,25,28). The Balaban J connectivity index is 1.66. The second-order valence-corrected chi connectivity index (χ2v) is 9.19. The fourth-order valence-corrected chi connectivity index (χ4v) is 4.58. The number of sulfone groups is 1. The molecule has 3 rings (SSSR count). The maximum atomic E-state index is 12.9. The van der Waals surface area contributed by atoms with Crippen LogP contribution in [0.2, 0.25) is 0 Å². The summed E-state index contributed by atoms with van der Waals surface area (Å²) in [6.45, 7) is 0.277. The molecular weight excluding hydrogens is 414 g/mol. The van der Waals surface area contributed by atoms with Gasteiger partial charge in [-0.3, -0.25) is 9.59 Å². The van der Waals surface area contributed by atoms with Gasteiger partial charge in [0.25, 0.3) is 5.91 Å². The zero-order chi connectivity index (χ0) is 22.3. The summed E-state index contributed by atoms with van der Waals surface area (Å²) in [6, 6.07) is 21.5. The van der Waals surface area contributed by atoms with Crippen molar-refractivity contribution in [3.05, 3.63) is 95.6 Å². The van der Waals surface area contributed by atoms with Crippen LogP contribution < -0.4 is 5.32 Å². The first-order valence-electron chi connectivity index (χ1n) is 9.79. The van der Waals surface area contributed by atoms with E-state index in [0.717, 1.165) is 5.56 Å². The summed E-state index contributed by atoms with van der Waals surface area (Å²) in [7, 11) is -3.83. The molecule has 0 aliphatic carbocycles. The number of rotatable bonds is 9. The number of hydrogen-bond donors (Lipinski definition) is 2. The molecular formula is C24H23NO5S. The number of benzene rings is 3. The minimum absolute atomic E-state index is 0.0596. The summed E-state index contributed by atoms with van der Waals surface area (Å²) < 4.78 is 25.7. The molecule has 0 fully saturated rings. The van der Waals surface area contributed by atoms with Gasteiger partial charge < -0.3 is 10.4 Å². The highest BCUT2D eigenvalue weighted by molar-refractivity contribution is 7.91. The van der Waals surface area contributed by atoms with Gasteiger partial charge in [-0.05, 0) is 35.4 Å². The van der Waals surface area contributed by atoms with E-state index in [-0.39, 0.29) is 47.1 Å². The minimum Gasteiger partial charge on any atom is -0.508 e. The monoisotopic (exact) mass is 437 g/mol. The van der Waals surface area contributed by atoms with Crippen LogP contribution in [0.4, 0.5) is 0 Å². The highest BCUT2D eigenvalue weighted by Gasteiger charge is 2.23. The Morgan fingerprint density at radius 3 is 2.16 bits per heavy atom. The molecule has 3 aromatic carbocycles. The fraction of sp³-hybridized carbons (Fsp3) is 0.167. The zero-order valence-corrected chi connectivity index (χ0v) is 17.6. The number of nitrogens with one attached hydrogen (secondary N) is 1. The van der Waals surface area contributed by atoms with Crippen LogP contribution in [-0.2, 0) is 27.6 Å². The van der Waals surface area contributed by atoms with Crippen LogP contribution in [0.3, 0.4) is 0 Å². The number of aromatic hydroxyl groups is 1. The van der Waals surface area contributed by atoms with Crippen LogP contribution >= 0.6 is 0 Å². The van der Waals surface area contributed by atoms with Gasteiger partial charge in [0, 0.05) is 19.4 Å². The third-order valence-corrected chi connectivity index (χ3v) is 6.52. The van der Waals surface area contributed by atoms with Crippen molar-refractivity contribution in [2.24, 2.45) is 0 Å². The molecule has 0 heterocycles. The average Bonchev–Trinajstić information content (AvgIpc) is 2.78. The molecule has 0 unspecified atom stereocenters. The lowest BCUT2D eigenvalue weighted by molar-refractivity contribution is -0.118. The average molecular weight is 438 g/mol. The van der Waals surface area contributed by atoms with Crippen LogP contribution in [0.25, 0.3) is 0 Å². The fourth-order valence-electron chi connectivity index (χ4n) is 3.09. The van der Waals surface area contributed by atoms with Gasteiger partial charge >= 0.3 is 0 Å². The van der Waals surface area contributed by atoms with E-state index in [2.05, 4.69) is 5.32 Å². The van der Waals surface area contributed by atoms with Crippen molar-refractivity contribution in [1.82, 2.24) is 5.32 Å². The molecule has 0 radical (unpaired) electrons. The molecule has 6 nitrogen and oxygen atoms in total. The van der Waals surface area contributed by atoms with Crippen molar-refractivity contribution >= 4 is 21.5 Å². The van der Waals surface area contributed by atoms with Gasteiger partial charge in [0.2, 0.25) is 0 Å². The van der Waals surface area contributed by atoms with Gasteiger partial charge in [0.1, 0.15) is 11.5 Å². The Bertz CT molecular complexity index is 1160. The Kier molecular flexibility index (Phi) is 7.20. The van der Waals surface area contributed by atoms with Crippen molar-refractivity contribution in [2.45, 2.75) is 24.3 Å². The van der Waals surface area contributed by atoms with Gasteiger partial charge in [-0.2, -0.15) is 0 Å². The first kappa shape index (κ1) is 22.2. The summed E-state index contributed by atoms with van der Waals surface area (Å²) in [4.78, 5) is 24.8. The van der Waals surface area contributed by atoms with E-state index in [0.29, 0.717) is 5.56 Å². The minimum atomic E-state index is -3.83. The smallest absolute Gasteiger partial charge is 0.252 e. The van der Waals surface area contributed by atoms with E-state index >= 15 is 0 Å². The lowest BCUT2D eigenvalue weighted by Crippen LogP contribution is -2.25. The summed E-state index contributed by atoms with van der Waals surface area (Å²) in [5, 5.41) is 12.0. The second-order valence-electron chi connectivity index (χ2n) is 7.12. The van der Waals surface area contributed by atoms with Crippen molar-refractivity contribution in [2.75, 3.05) is 5.75 Å². The van der Waals surface area contributed by atoms with Crippen LogP contribution in [0.1, 0.15) is 27.9 Å². The molecule has 0 bridgehead atoms. The maximum absolute atomic E-state index is 12.9. The molecule has 3 aromatic rings. The number of carbonyl (C=O) groups excluding carboxylic acids is 2. The Morgan fingerprint density at radius 1 is 0.806 bits per heavy atom. The normalized spacial score (nSPS) is 11.1. The quantitative estimate of drug-likeness (QED) is 0.535. The summed E-state index contributed by atoms with van der Waals surface area (Å²) in [6.07, 6.45) is -0.0851. The summed E-state index contributed by atoms with van der Waals surface area (Å²) >= 11 is 0. The molecule has 31 heavy (non-hydrogen) atoms. The molecule has 160 valence electrons. The van der Waals surface area contributed by atoms with Crippen molar-refractivity contribution in [1.29, 1.82) is 0 Å². The topological polar surface area (TPSA) is 101 Å².